The van der Waals surface area contributed by atoms with E-state index in [1.165, 1.54) is 0 Å². The first-order chi connectivity index (χ1) is 9.13. The molecule has 0 spiro atoms. The number of hydrogen-bond acceptors (Lipinski definition) is 4. The minimum Gasteiger partial charge on any atom is -0.450 e. The Labute approximate surface area is 116 Å². The molecule has 1 saturated heterocycles. The van der Waals surface area contributed by atoms with E-state index in [0.29, 0.717) is 18.6 Å². The molecular formula is C14H28N2O3. The summed E-state index contributed by atoms with van der Waals surface area (Å²) >= 11 is 0. The molecule has 1 amide bonds. The van der Waals surface area contributed by atoms with E-state index in [9.17, 15) is 4.79 Å². The average molecular weight is 272 g/mol. The van der Waals surface area contributed by atoms with Crippen LogP contribution in [0.25, 0.3) is 0 Å². The molecule has 1 N–H and O–H groups in total. The van der Waals surface area contributed by atoms with E-state index in [1.807, 2.05) is 6.92 Å². The van der Waals surface area contributed by atoms with Gasteiger partial charge in [-0.2, -0.15) is 0 Å². The van der Waals surface area contributed by atoms with Gasteiger partial charge >= 0.3 is 6.09 Å². The topological polar surface area (TPSA) is 50.8 Å². The quantitative estimate of drug-likeness (QED) is 0.719. The second kappa shape index (κ2) is 9.15. The van der Waals surface area contributed by atoms with Crippen LogP contribution in [0.5, 0.6) is 0 Å². The predicted octanol–water partition coefficient (Wildman–Crippen LogP) is 1.87. The van der Waals surface area contributed by atoms with Gasteiger partial charge in [0.1, 0.15) is 0 Å². The van der Waals surface area contributed by atoms with Crippen molar-refractivity contribution in [2.24, 2.45) is 5.92 Å². The zero-order valence-electron chi connectivity index (χ0n) is 12.5. The molecule has 0 unspecified atom stereocenters. The predicted molar refractivity (Wildman–Crippen MR) is 75.3 cm³/mol. The van der Waals surface area contributed by atoms with Gasteiger partial charge in [-0.05, 0) is 25.7 Å². The Morgan fingerprint density at radius 1 is 1.37 bits per heavy atom. The summed E-state index contributed by atoms with van der Waals surface area (Å²) in [7, 11) is 0. The first-order valence-corrected chi connectivity index (χ1v) is 7.36. The highest BCUT2D eigenvalue weighted by Crippen LogP contribution is 2.11. The van der Waals surface area contributed by atoms with Gasteiger partial charge in [0.25, 0.3) is 0 Å². The van der Waals surface area contributed by atoms with Crippen molar-refractivity contribution >= 4 is 6.09 Å². The lowest BCUT2D eigenvalue weighted by molar-refractivity contribution is 0.0902. The molecule has 1 rings (SSSR count). The molecular weight excluding hydrogens is 244 g/mol. The number of carbonyl (C=O) groups excluding carboxylic acids is 1. The molecule has 1 fully saturated rings. The Morgan fingerprint density at radius 2 is 2.05 bits per heavy atom. The molecule has 5 nitrogen and oxygen atoms in total. The Balaban J connectivity index is 2.05. The van der Waals surface area contributed by atoms with Gasteiger partial charge in [-0.15, -0.1) is 0 Å². The third-order valence-electron chi connectivity index (χ3n) is 3.15. The van der Waals surface area contributed by atoms with Crippen LogP contribution in [0.3, 0.4) is 0 Å². The van der Waals surface area contributed by atoms with E-state index < -0.39 is 0 Å². The normalized spacial score (nSPS) is 16.9. The third-order valence-corrected chi connectivity index (χ3v) is 3.15. The number of carbonyl (C=O) groups is 1. The van der Waals surface area contributed by atoms with Gasteiger partial charge in [0.05, 0.1) is 13.2 Å². The monoisotopic (exact) mass is 272 g/mol. The van der Waals surface area contributed by atoms with E-state index in [1.54, 1.807) is 4.90 Å². The summed E-state index contributed by atoms with van der Waals surface area (Å²) < 4.78 is 10.5. The lowest BCUT2D eigenvalue weighted by Crippen LogP contribution is -2.45. The molecule has 0 radical (unpaired) electrons. The molecule has 1 heterocycles. The van der Waals surface area contributed by atoms with Crippen molar-refractivity contribution < 1.29 is 14.3 Å². The summed E-state index contributed by atoms with van der Waals surface area (Å²) in [6, 6.07) is 0.494. The van der Waals surface area contributed by atoms with Crippen molar-refractivity contribution in [2.75, 3.05) is 39.5 Å². The first-order valence-electron chi connectivity index (χ1n) is 7.36. The van der Waals surface area contributed by atoms with Crippen LogP contribution in [0.2, 0.25) is 0 Å². The Bertz CT molecular complexity index is 251. The largest absolute Gasteiger partial charge is 0.450 e. The van der Waals surface area contributed by atoms with Crippen molar-refractivity contribution in [1.29, 1.82) is 0 Å². The fourth-order valence-corrected chi connectivity index (χ4v) is 2.14. The summed E-state index contributed by atoms with van der Waals surface area (Å²) in [4.78, 5) is 13.3. The maximum Gasteiger partial charge on any atom is 0.409 e. The molecule has 0 aromatic heterocycles. The SMILES string of the molecule is CCOC(=O)N1CCC(NCCOCC(C)C)CC1. The summed E-state index contributed by atoms with van der Waals surface area (Å²) in [6.07, 6.45) is 1.80. The van der Waals surface area contributed by atoms with Crippen LogP contribution in [0, 0.1) is 5.92 Å². The number of nitrogens with one attached hydrogen (secondary N) is 1. The van der Waals surface area contributed by atoms with Gasteiger partial charge in [-0.25, -0.2) is 4.79 Å². The summed E-state index contributed by atoms with van der Waals surface area (Å²) in [5.74, 6) is 0.591. The standard InChI is InChI=1S/C14H28N2O3/c1-4-19-14(17)16-8-5-13(6-9-16)15-7-10-18-11-12(2)3/h12-13,15H,4-11H2,1-3H3. The molecule has 19 heavy (non-hydrogen) atoms. The van der Waals surface area contributed by atoms with Crippen LogP contribution in [0.1, 0.15) is 33.6 Å². The molecule has 0 saturated carbocycles. The third kappa shape index (κ3) is 6.78. The second-order valence-corrected chi connectivity index (χ2v) is 5.38. The Kier molecular flexibility index (Phi) is 7.82. The van der Waals surface area contributed by atoms with E-state index in [-0.39, 0.29) is 6.09 Å². The lowest BCUT2D eigenvalue weighted by atomic mass is 10.1. The smallest absolute Gasteiger partial charge is 0.409 e. The molecule has 1 aliphatic rings. The van der Waals surface area contributed by atoms with Crippen molar-refractivity contribution in [3.63, 3.8) is 0 Å². The number of rotatable bonds is 7. The number of amides is 1. The number of nitrogens with zero attached hydrogens (tertiary/aromatic N) is 1. The molecule has 0 aromatic rings. The number of hydrogen-bond donors (Lipinski definition) is 1. The summed E-state index contributed by atoms with van der Waals surface area (Å²) in [5.41, 5.74) is 0. The van der Waals surface area contributed by atoms with Crippen LogP contribution in [0.15, 0.2) is 0 Å². The van der Waals surface area contributed by atoms with Crippen molar-refractivity contribution in [2.45, 2.75) is 39.7 Å². The minimum absolute atomic E-state index is 0.179. The van der Waals surface area contributed by atoms with Crippen LogP contribution < -0.4 is 5.32 Å². The minimum atomic E-state index is -0.179. The first kappa shape index (κ1) is 16.2. The van der Waals surface area contributed by atoms with Gasteiger partial charge in [0.2, 0.25) is 0 Å². The van der Waals surface area contributed by atoms with E-state index >= 15 is 0 Å². The fourth-order valence-electron chi connectivity index (χ4n) is 2.14. The number of ether oxygens (including phenoxy) is 2. The molecule has 112 valence electrons. The van der Waals surface area contributed by atoms with Crippen LogP contribution in [0.4, 0.5) is 4.79 Å². The van der Waals surface area contributed by atoms with Crippen molar-refractivity contribution in [1.82, 2.24) is 10.2 Å². The van der Waals surface area contributed by atoms with Crippen molar-refractivity contribution in [3.05, 3.63) is 0 Å². The van der Waals surface area contributed by atoms with Gasteiger partial charge in [-0.1, -0.05) is 13.8 Å². The average Bonchev–Trinajstić information content (AvgIpc) is 2.39. The van der Waals surface area contributed by atoms with Gasteiger partial charge < -0.3 is 19.7 Å². The van der Waals surface area contributed by atoms with Crippen LogP contribution in [-0.2, 0) is 9.47 Å². The molecule has 5 heteroatoms. The summed E-state index contributed by atoms with van der Waals surface area (Å²) in [6.45, 7) is 10.6. The highest BCUT2D eigenvalue weighted by atomic mass is 16.6. The molecule has 1 aliphatic heterocycles. The highest BCUT2D eigenvalue weighted by molar-refractivity contribution is 5.67. The molecule has 0 atom stereocenters. The zero-order valence-corrected chi connectivity index (χ0v) is 12.5. The van der Waals surface area contributed by atoms with Gasteiger partial charge in [-0.3, -0.25) is 0 Å². The zero-order chi connectivity index (χ0) is 14.1. The van der Waals surface area contributed by atoms with Crippen LogP contribution in [-0.4, -0.2) is 56.5 Å². The maximum atomic E-state index is 11.5. The lowest BCUT2D eigenvalue weighted by Gasteiger charge is -2.31. The van der Waals surface area contributed by atoms with E-state index in [0.717, 1.165) is 45.7 Å². The highest BCUT2D eigenvalue weighted by Gasteiger charge is 2.22. The number of piperidine rings is 1. The molecule has 0 bridgehead atoms. The Hall–Kier alpha value is -0.810. The van der Waals surface area contributed by atoms with E-state index in [4.69, 9.17) is 9.47 Å². The molecule has 0 aromatic carbocycles. The molecule has 0 aliphatic carbocycles. The van der Waals surface area contributed by atoms with Gasteiger partial charge in [0, 0.05) is 32.3 Å². The van der Waals surface area contributed by atoms with Crippen molar-refractivity contribution in [3.8, 4) is 0 Å². The maximum absolute atomic E-state index is 11.5. The number of likely N-dealkylation sites (tertiary alicyclic amines) is 1. The Morgan fingerprint density at radius 3 is 2.63 bits per heavy atom. The van der Waals surface area contributed by atoms with E-state index in [2.05, 4.69) is 19.2 Å². The van der Waals surface area contributed by atoms with Gasteiger partial charge in [0.15, 0.2) is 0 Å². The summed E-state index contributed by atoms with van der Waals surface area (Å²) in [5, 5.41) is 3.48. The second-order valence-electron chi connectivity index (χ2n) is 5.38. The van der Waals surface area contributed by atoms with Crippen LogP contribution >= 0.6 is 0 Å². The fraction of sp³-hybridized carbons (Fsp3) is 0.929.